The van der Waals surface area contributed by atoms with Crippen molar-refractivity contribution in [3.05, 3.63) is 35.9 Å². The van der Waals surface area contributed by atoms with E-state index in [9.17, 15) is 58.2 Å². The molecule has 1 aromatic carbocycles. The minimum absolute atomic E-state index is 0.0332. The number of nitrogens with two attached hydrogens (primary N) is 4. The summed E-state index contributed by atoms with van der Waals surface area (Å²) < 4.78 is 0. The largest absolute Gasteiger partial charge is 0.393 e. The molecule has 23 heteroatoms. The minimum Gasteiger partial charge on any atom is -0.393 e. The molecule has 1 aliphatic heterocycles. The molecule has 23 nitrogen and oxygen atoms in total. The van der Waals surface area contributed by atoms with Gasteiger partial charge in [-0.3, -0.25) is 47.9 Å². The Morgan fingerprint density at radius 1 is 0.693 bits per heavy atom. The van der Waals surface area contributed by atoms with Crippen LogP contribution in [0.25, 0.3) is 0 Å². The lowest BCUT2D eigenvalue weighted by Gasteiger charge is -2.28. The molecule has 11 atom stereocenters. The van der Waals surface area contributed by atoms with Crippen LogP contribution >= 0.6 is 0 Å². The third kappa shape index (κ3) is 23.5. The van der Waals surface area contributed by atoms with Crippen LogP contribution in [-0.4, -0.2) is 158 Å². The molecule has 75 heavy (non-hydrogen) atoms. The van der Waals surface area contributed by atoms with E-state index in [1.807, 2.05) is 13.8 Å². The zero-order chi connectivity index (χ0) is 56.2. The van der Waals surface area contributed by atoms with Crippen LogP contribution in [0.3, 0.4) is 0 Å². The van der Waals surface area contributed by atoms with Gasteiger partial charge in [-0.05, 0) is 116 Å². The van der Waals surface area contributed by atoms with Gasteiger partial charge < -0.3 is 70.4 Å². The molecule has 422 valence electrons. The van der Waals surface area contributed by atoms with Gasteiger partial charge in [-0.15, -0.1) is 0 Å². The highest BCUT2D eigenvalue weighted by Crippen LogP contribution is 2.21. The molecular weight excluding hydrogens is 971 g/mol. The number of carbonyl (C=O) groups is 10. The number of carbonyl (C=O) groups excluding carboxylic acids is 10. The Morgan fingerprint density at radius 3 is 1.80 bits per heavy atom. The third-order valence-electron chi connectivity index (χ3n) is 13.3. The second-order valence-corrected chi connectivity index (χ2v) is 20.1. The van der Waals surface area contributed by atoms with Crippen molar-refractivity contribution >= 4 is 58.6 Å². The molecule has 0 bridgehead atoms. The number of aliphatic hydroxyl groups is 2. The van der Waals surface area contributed by atoms with Crippen LogP contribution < -0.4 is 60.2 Å². The Labute approximate surface area is 441 Å². The van der Waals surface area contributed by atoms with E-state index in [0.29, 0.717) is 18.5 Å². The monoisotopic (exact) mass is 1060 g/mol. The van der Waals surface area contributed by atoms with Gasteiger partial charge in [0.25, 0.3) is 0 Å². The topological polar surface area (TPSA) is 399 Å². The number of nitrogens with one attached hydrogen (secondary N) is 7. The Hall–Kier alpha value is -5.56. The fourth-order valence-electron chi connectivity index (χ4n) is 8.87. The zero-order valence-corrected chi connectivity index (χ0v) is 44.5. The predicted molar refractivity (Wildman–Crippen MR) is 281 cm³/mol. The van der Waals surface area contributed by atoms with Gasteiger partial charge in [0, 0.05) is 50.5 Å². The van der Waals surface area contributed by atoms with Gasteiger partial charge in [0.1, 0.15) is 17.9 Å². The van der Waals surface area contributed by atoms with E-state index >= 15 is 0 Å². The fourth-order valence-corrected chi connectivity index (χ4v) is 8.87. The Bertz CT molecular complexity index is 2020. The molecule has 0 radical (unpaired) electrons. The molecule has 1 heterocycles. The first-order valence-corrected chi connectivity index (χ1v) is 26.3. The molecule has 1 aliphatic rings. The van der Waals surface area contributed by atoms with Gasteiger partial charge >= 0.3 is 0 Å². The smallest absolute Gasteiger partial charge is 0.243 e. The SMILES string of the molecule is CNCCCC(=O)C[C@H](C(=O)N[C@@H](CCN)C(=O)C[C@H]1CCNC(=O)[C@H](C(C)O)CC(=O)[C@H](CCN)NC(=O)[C@H](CCN)NC(=O)[C@H](CC(C)C)NC(=O)[C@@H](Cc2ccccc2)CC(=O)[C@H](CCN)NC1=O)C(C)O. The molecule has 0 saturated carbocycles. The number of hydrogen-bond acceptors (Lipinski definition) is 17. The molecule has 2 rings (SSSR count). The number of amides is 6. The first-order chi connectivity index (χ1) is 35.6. The van der Waals surface area contributed by atoms with Crippen LogP contribution in [-0.2, 0) is 54.4 Å². The first kappa shape index (κ1) is 65.6. The molecule has 6 amide bonds. The Kier molecular flexibility index (Phi) is 30.5. The summed E-state index contributed by atoms with van der Waals surface area (Å²) in [6.07, 6.45) is -4.35. The van der Waals surface area contributed by atoms with Crippen molar-refractivity contribution in [2.75, 3.05) is 46.3 Å². The van der Waals surface area contributed by atoms with Crippen molar-refractivity contribution in [2.24, 2.45) is 52.5 Å². The minimum atomic E-state index is -1.40. The lowest BCUT2D eigenvalue weighted by Crippen LogP contribution is -2.57. The van der Waals surface area contributed by atoms with E-state index < -0.39 is 138 Å². The average Bonchev–Trinajstić information content (AvgIpc) is 3.35. The van der Waals surface area contributed by atoms with Crippen molar-refractivity contribution in [3.63, 3.8) is 0 Å². The molecule has 1 aromatic rings. The second kappa shape index (κ2) is 34.9. The summed E-state index contributed by atoms with van der Waals surface area (Å²) in [6, 6.07) is 2.47. The summed E-state index contributed by atoms with van der Waals surface area (Å²) in [5.41, 5.74) is 24.3. The van der Waals surface area contributed by atoms with Crippen LogP contribution in [0.15, 0.2) is 30.3 Å². The van der Waals surface area contributed by atoms with E-state index in [4.69, 9.17) is 22.9 Å². The number of aliphatic hydroxyl groups excluding tert-OH is 2. The Morgan fingerprint density at radius 2 is 1.24 bits per heavy atom. The summed E-state index contributed by atoms with van der Waals surface area (Å²) in [5.74, 6) is -12.0. The van der Waals surface area contributed by atoms with Crippen LogP contribution in [0.2, 0.25) is 0 Å². The molecule has 0 aliphatic carbocycles. The predicted octanol–water partition coefficient (Wildman–Crippen LogP) is -2.32. The normalized spacial score (nSPS) is 23.9. The summed E-state index contributed by atoms with van der Waals surface area (Å²) >= 11 is 0. The van der Waals surface area contributed by atoms with Gasteiger partial charge in [0.05, 0.1) is 42.2 Å². The number of Topliss-reactive ketones (excluding diaryl/α,β-unsaturated/α-hetero) is 4. The van der Waals surface area contributed by atoms with Crippen LogP contribution in [0.4, 0.5) is 0 Å². The standard InChI is InChI=1S/C52H87N11O12/c1-30(2)24-43-52(75)62-42(16-21-56)51(74)61-41(15-20-55)46(69)29-38(32(4)65)49(72)58-23-17-34(26-44(67)40(14-19-54)60-50(73)37(31(3)64)28-36(66)12-9-22-57-5)47(70)59-39(13-18-53)45(68)27-35(48(71)63-43)25-33-10-7-6-8-11-33/h6-8,10-11,30-32,34-35,37-43,57,64-65H,9,12-29,53-56H2,1-5H3,(H,58,72)(H,59,70)(H,60,73)(H,61,74)(H,62,75)(H,63,71)/t31?,32?,34-,35+,37+,38+,39+,40+,41+,42+,43+/m1/s1. The van der Waals surface area contributed by atoms with Crippen molar-refractivity contribution in [2.45, 2.75) is 154 Å². The van der Waals surface area contributed by atoms with Crippen LogP contribution in [0.5, 0.6) is 0 Å². The molecule has 2 unspecified atom stereocenters. The van der Waals surface area contributed by atoms with E-state index in [1.165, 1.54) is 13.8 Å². The lowest BCUT2D eigenvalue weighted by molar-refractivity contribution is -0.137. The lowest BCUT2D eigenvalue weighted by atomic mass is 9.89. The summed E-state index contributed by atoms with van der Waals surface area (Å²) in [6.45, 7) is 6.22. The maximum Gasteiger partial charge on any atom is 0.243 e. The van der Waals surface area contributed by atoms with Crippen LogP contribution in [0, 0.1) is 29.6 Å². The van der Waals surface area contributed by atoms with Gasteiger partial charge in [0.2, 0.25) is 35.4 Å². The average molecular weight is 1060 g/mol. The van der Waals surface area contributed by atoms with Gasteiger partial charge in [-0.1, -0.05) is 44.2 Å². The van der Waals surface area contributed by atoms with E-state index in [2.05, 4.69) is 37.2 Å². The maximum atomic E-state index is 14.5. The van der Waals surface area contributed by atoms with Gasteiger partial charge in [-0.25, -0.2) is 0 Å². The number of benzene rings is 1. The zero-order valence-electron chi connectivity index (χ0n) is 44.5. The van der Waals surface area contributed by atoms with Crippen molar-refractivity contribution in [1.82, 2.24) is 37.2 Å². The van der Waals surface area contributed by atoms with Crippen LogP contribution in [0.1, 0.15) is 110 Å². The highest BCUT2D eigenvalue weighted by atomic mass is 16.3. The molecule has 1 fully saturated rings. The molecule has 0 aromatic heterocycles. The molecule has 1 saturated heterocycles. The summed E-state index contributed by atoms with van der Waals surface area (Å²) in [5, 5.41) is 40.3. The molecular formula is C52H87N11O12. The number of ketones is 4. The second-order valence-electron chi connectivity index (χ2n) is 20.1. The fraction of sp³-hybridized carbons (Fsp3) is 0.692. The molecule has 0 spiro atoms. The highest BCUT2D eigenvalue weighted by molar-refractivity contribution is 5.98. The number of rotatable bonds is 25. The quantitative estimate of drug-likeness (QED) is 0.0457. The van der Waals surface area contributed by atoms with E-state index in [0.717, 1.165) is 0 Å². The number of hydrogen-bond donors (Lipinski definition) is 13. The van der Waals surface area contributed by atoms with Crippen molar-refractivity contribution in [3.8, 4) is 0 Å². The first-order valence-electron chi connectivity index (χ1n) is 26.3. The molecule has 17 N–H and O–H groups in total. The van der Waals surface area contributed by atoms with Crippen molar-refractivity contribution in [1.29, 1.82) is 0 Å². The van der Waals surface area contributed by atoms with Gasteiger partial charge in [0.15, 0.2) is 17.3 Å². The van der Waals surface area contributed by atoms with Crippen molar-refractivity contribution < 1.29 is 58.2 Å². The summed E-state index contributed by atoms with van der Waals surface area (Å²) in [4.78, 5) is 140. The van der Waals surface area contributed by atoms with E-state index in [1.54, 1.807) is 37.4 Å². The summed E-state index contributed by atoms with van der Waals surface area (Å²) in [7, 11) is 1.73. The third-order valence-corrected chi connectivity index (χ3v) is 13.3. The highest BCUT2D eigenvalue weighted by Gasteiger charge is 2.37. The Balaban J connectivity index is 2.73. The maximum absolute atomic E-state index is 14.5. The van der Waals surface area contributed by atoms with Gasteiger partial charge in [-0.2, -0.15) is 0 Å². The van der Waals surface area contributed by atoms with E-state index in [-0.39, 0.29) is 102 Å².